The molecule has 0 spiro atoms. The molecule has 3 aromatic rings. The zero-order valence-electron chi connectivity index (χ0n) is 13.8. The van der Waals surface area contributed by atoms with Crippen molar-refractivity contribution in [2.45, 2.75) is 0 Å². The van der Waals surface area contributed by atoms with Crippen LogP contribution in [0.2, 0.25) is 5.02 Å². The Labute approximate surface area is 162 Å². The summed E-state index contributed by atoms with van der Waals surface area (Å²) in [5, 5.41) is 26.1. The molecule has 0 radical (unpaired) electrons. The number of hydrogen-bond donors (Lipinski definition) is 4. The molecular weight excluding hydrogens is 390 g/mol. The summed E-state index contributed by atoms with van der Waals surface area (Å²) in [7, 11) is 0. The van der Waals surface area contributed by atoms with E-state index in [1.165, 1.54) is 29.7 Å². The lowest BCUT2D eigenvalue weighted by atomic mass is 10.2. The number of hydrazone groups is 1. The Morgan fingerprint density at radius 3 is 2.70 bits per heavy atom. The standard InChI is InChI=1S/C18H14ClN3O4S/c19-16-12-3-1-2-4-14(12)27-17(16)18(26)20-9-15(25)22-21-8-10-5-6-11(23)7-13(10)24/h1-8,23-24H,9H2,(H,20,26)(H,22,25)/b21-8-. The summed E-state index contributed by atoms with van der Waals surface area (Å²) in [6.45, 7) is -0.289. The maximum absolute atomic E-state index is 12.3. The number of carbonyl (C=O) groups is 2. The van der Waals surface area contributed by atoms with Gasteiger partial charge in [0.2, 0.25) is 0 Å². The van der Waals surface area contributed by atoms with E-state index in [2.05, 4.69) is 15.8 Å². The molecule has 1 aromatic heterocycles. The minimum absolute atomic E-state index is 0.0868. The van der Waals surface area contributed by atoms with Crippen molar-refractivity contribution < 1.29 is 19.8 Å². The number of phenolic OH excluding ortho intramolecular Hbond substituents is 2. The van der Waals surface area contributed by atoms with E-state index in [0.717, 1.165) is 16.2 Å². The van der Waals surface area contributed by atoms with Gasteiger partial charge in [0.15, 0.2) is 0 Å². The molecule has 138 valence electrons. The summed E-state index contributed by atoms with van der Waals surface area (Å²) >= 11 is 7.48. The van der Waals surface area contributed by atoms with E-state index in [1.54, 1.807) is 0 Å². The number of phenols is 2. The van der Waals surface area contributed by atoms with Gasteiger partial charge in [-0.25, -0.2) is 5.43 Å². The highest BCUT2D eigenvalue weighted by Crippen LogP contribution is 2.34. The van der Waals surface area contributed by atoms with Gasteiger partial charge in [-0.2, -0.15) is 5.10 Å². The minimum Gasteiger partial charge on any atom is -0.508 e. The molecule has 0 fully saturated rings. The first kappa shape index (κ1) is 18.7. The number of rotatable bonds is 5. The lowest BCUT2D eigenvalue weighted by Crippen LogP contribution is -2.34. The highest BCUT2D eigenvalue weighted by atomic mass is 35.5. The summed E-state index contributed by atoms with van der Waals surface area (Å²) in [5.41, 5.74) is 2.55. The third-order valence-corrected chi connectivity index (χ3v) is 5.23. The molecule has 0 bridgehead atoms. The fourth-order valence-corrected chi connectivity index (χ4v) is 3.69. The molecule has 4 N–H and O–H groups in total. The number of aromatic hydroxyl groups is 2. The molecule has 0 aliphatic heterocycles. The van der Waals surface area contributed by atoms with Gasteiger partial charge < -0.3 is 15.5 Å². The van der Waals surface area contributed by atoms with Crippen molar-refractivity contribution in [1.29, 1.82) is 0 Å². The van der Waals surface area contributed by atoms with E-state index in [4.69, 9.17) is 11.6 Å². The monoisotopic (exact) mass is 403 g/mol. The van der Waals surface area contributed by atoms with E-state index in [0.29, 0.717) is 15.5 Å². The number of nitrogens with zero attached hydrogens (tertiary/aromatic N) is 1. The summed E-state index contributed by atoms with van der Waals surface area (Å²) in [4.78, 5) is 24.4. The second kappa shape index (κ2) is 8.07. The van der Waals surface area contributed by atoms with Crippen molar-refractivity contribution in [3.05, 3.63) is 57.9 Å². The highest BCUT2D eigenvalue weighted by Gasteiger charge is 2.17. The summed E-state index contributed by atoms with van der Waals surface area (Å²) in [6, 6.07) is 11.3. The Hall–Kier alpha value is -3.10. The van der Waals surface area contributed by atoms with Gasteiger partial charge in [0.05, 0.1) is 17.8 Å². The van der Waals surface area contributed by atoms with Crippen LogP contribution in [0.1, 0.15) is 15.2 Å². The second-order valence-corrected chi connectivity index (χ2v) is 6.89. The van der Waals surface area contributed by atoms with Crippen molar-refractivity contribution in [3.8, 4) is 11.5 Å². The van der Waals surface area contributed by atoms with E-state index >= 15 is 0 Å². The zero-order valence-corrected chi connectivity index (χ0v) is 15.3. The van der Waals surface area contributed by atoms with Gasteiger partial charge in [0, 0.05) is 21.7 Å². The fourth-order valence-electron chi connectivity index (χ4n) is 2.26. The molecule has 2 aromatic carbocycles. The van der Waals surface area contributed by atoms with Gasteiger partial charge in [-0.3, -0.25) is 9.59 Å². The van der Waals surface area contributed by atoms with Crippen LogP contribution in [0.5, 0.6) is 11.5 Å². The fraction of sp³-hybridized carbons (Fsp3) is 0.0556. The van der Waals surface area contributed by atoms with Crippen molar-refractivity contribution in [3.63, 3.8) is 0 Å². The predicted octanol–water partition coefficient (Wildman–Crippen LogP) is 2.85. The SMILES string of the molecule is O=C(CNC(=O)c1sc2ccccc2c1Cl)N/N=C\c1ccc(O)cc1O. The van der Waals surface area contributed by atoms with Crippen molar-refractivity contribution in [1.82, 2.24) is 10.7 Å². The van der Waals surface area contributed by atoms with Gasteiger partial charge in [-0.05, 0) is 18.2 Å². The van der Waals surface area contributed by atoms with Crippen molar-refractivity contribution in [2.75, 3.05) is 6.54 Å². The van der Waals surface area contributed by atoms with Crippen LogP contribution in [0.25, 0.3) is 10.1 Å². The van der Waals surface area contributed by atoms with Gasteiger partial charge >= 0.3 is 0 Å². The Balaban J connectivity index is 1.56. The summed E-state index contributed by atoms with van der Waals surface area (Å²) in [6.07, 6.45) is 1.22. The lowest BCUT2D eigenvalue weighted by molar-refractivity contribution is -0.120. The number of amides is 2. The topological polar surface area (TPSA) is 111 Å². The number of nitrogens with one attached hydrogen (secondary N) is 2. The molecule has 0 aliphatic carbocycles. The average molecular weight is 404 g/mol. The Morgan fingerprint density at radius 2 is 1.96 bits per heavy atom. The van der Waals surface area contributed by atoms with E-state index in [1.807, 2.05) is 24.3 Å². The normalized spacial score (nSPS) is 11.0. The van der Waals surface area contributed by atoms with E-state index < -0.39 is 11.8 Å². The van der Waals surface area contributed by atoms with Crippen LogP contribution in [0.15, 0.2) is 47.6 Å². The summed E-state index contributed by atoms with van der Waals surface area (Å²) in [5.74, 6) is -1.26. The number of fused-ring (bicyclic) bond motifs is 1. The van der Waals surface area contributed by atoms with Crippen LogP contribution in [0.4, 0.5) is 0 Å². The summed E-state index contributed by atoms with van der Waals surface area (Å²) < 4.78 is 0.885. The maximum atomic E-state index is 12.3. The number of benzene rings is 2. The predicted molar refractivity (Wildman–Crippen MR) is 105 cm³/mol. The Bertz CT molecular complexity index is 1050. The van der Waals surface area contributed by atoms with Gasteiger partial charge in [-0.1, -0.05) is 29.8 Å². The van der Waals surface area contributed by atoms with Crippen molar-refractivity contribution >= 4 is 51.1 Å². The van der Waals surface area contributed by atoms with Crippen LogP contribution in [0, 0.1) is 0 Å². The van der Waals surface area contributed by atoms with E-state index in [-0.39, 0.29) is 18.0 Å². The molecule has 0 saturated heterocycles. The molecule has 0 atom stereocenters. The lowest BCUT2D eigenvalue weighted by Gasteiger charge is -2.03. The van der Waals surface area contributed by atoms with Gasteiger partial charge in [0.25, 0.3) is 11.8 Å². The van der Waals surface area contributed by atoms with E-state index in [9.17, 15) is 19.8 Å². The smallest absolute Gasteiger partial charge is 0.263 e. The number of thiophene rings is 1. The van der Waals surface area contributed by atoms with Gasteiger partial charge in [-0.15, -0.1) is 11.3 Å². The zero-order chi connectivity index (χ0) is 19.4. The molecule has 27 heavy (non-hydrogen) atoms. The molecule has 0 aliphatic rings. The van der Waals surface area contributed by atoms with Crippen LogP contribution in [-0.4, -0.2) is 34.8 Å². The first-order chi connectivity index (χ1) is 13.0. The van der Waals surface area contributed by atoms with Crippen molar-refractivity contribution in [2.24, 2.45) is 5.10 Å². The molecular formula is C18H14ClN3O4S. The van der Waals surface area contributed by atoms with Crippen LogP contribution in [0.3, 0.4) is 0 Å². The van der Waals surface area contributed by atoms with Crippen LogP contribution in [-0.2, 0) is 4.79 Å². The first-order valence-corrected chi connectivity index (χ1v) is 8.94. The van der Waals surface area contributed by atoms with Gasteiger partial charge in [0.1, 0.15) is 16.4 Å². The Kier molecular flexibility index (Phi) is 5.58. The average Bonchev–Trinajstić information content (AvgIpc) is 2.99. The molecule has 0 saturated carbocycles. The second-order valence-electron chi connectivity index (χ2n) is 5.46. The molecule has 7 nitrogen and oxygen atoms in total. The van der Waals surface area contributed by atoms with Crippen LogP contribution < -0.4 is 10.7 Å². The minimum atomic E-state index is -0.546. The number of halogens is 1. The quantitative estimate of drug-likeness (QED) is 0.387. The third kappa shape index (κ3) is 4.36. The maximum Gasteiger partial charge on any atom is 0.263 e. The molecule has 0 unspecified atom stereocenters. The van der Waals surface area contributed by atoms with Crippen LogP contribution >= 0.6 is 22.9 Å². The number of hydrogen-bond acceptors (Lipinski definition) is 6. The highest BCUT2D eigenvalue weighted by molar-refractivity contribution is 7.21. The Morgan fingerprint density at radius 1 is 1.19 bits per heavy atom. The number of carbonyl (C=O) groups excluding carboxylic acids is 2. The largest absolute Gasteiger partial charge is 0.508 e. The molecule has 9 heteroatoms. The molecule has 1 heterocycles. The molecule has 2 amide bonds. The third-order valence-electron chi connectivity index (χ3n) is 3.56. The first-order valence-electron chi connectivity index (χ1n) is 7.75. The molecule has 3 rings (SSSR count).